The number of imidazole rings is 1. The third-order valence-corrected chi connectivity index (χ3v) is 6.18. The summed E-state index contributed by atoms with van der Waals surface area (Å²) in [5.74, 6) is 0.650. The number of thiazole rings is 1. The highest BCUT2D eigenvalue weighted by molar-refractivity contribution is 14.1. The number of fused-ring (bicyclic) bond motifs is 3. The van der Waals surface area contributed by atoms with Crippen LogP contribution in [0, 0.1) is 3.77 Å². The maximum Gasteiger partial charge on any atom is 0.275 e. The van der Waals surface area contributed by atoms with Crippen LogP contribution in [0.25, 0.3) is 22.1 Å². The Morgan fingerprint density at radius 1 is 1.38 bits per heavy atom. The molecule has 3 heterocycles. The van der Waals surface area contributed by atoms with Gasteiger partial charge in [0.05, 0.1) is 15.5 Å². The van der Waals surface area contributed by atoms with Gasteiger partial charge in [0.15, 0.2) is 8.73 Å². The highest BCUT2D eigenvalue weighted by Crippen LogP contribution is 2.23. The van der Waals surface area contributed by atoms with Gasteiger partial charge >= 0.3 is 0 Å². The average Bonchev–Trinajstić information content (AvgIpc) is 3.06. The van der Waals surface area contributed by atoms with Crippen LogP contribution in [0.2, 0.25) is 0 Å². The van der Waals surface area contributed by atoms with Gasteiger partial charge in [-0.25, -0.2) is 9.38 Å². The molecule has 0 radical (unpaired) electrons. The van der Waals surface area contributed by atoms with E-state index in [1.807, 2.05) is 30.3 Å². The van der Waals surface area contributed by atoms with E-state index in [2.05, 4.69) is 43.5 Å². The van der Waals surface area contributed by atoms with Crippen molar-refractivity contribution in [3.05, 3.63) is 59.2 Å². The summed E-state index contributed by atoms with van der Waals surface area (Å²) >= 11 is 6.86. The van der Waals surface area contributed by atoms with E-state index in [1.54, 1.807) is 10.5 Å². The third kappa shape index (κ3) is 2.14. The Morgan fingerprint density at radius 3 is 2.95 bits per heavy atom. The second-order valence-corrected chi connectivity index (χ2v) is 7.25. The maximum atomic E-state index is 12.5. The van der Waals surface area contributed by atoms with Gasteiger partial charge in [-0.1, -0.05) is 23.5 Å². The van der Waals surface area contributed by atoms with E-state index in [4.69, 9.17) is 4.42 Å². The summed E-state index contributed by atoms with van der Waals surface area (Å²) in [6.07, 6.45) is 1.75. The van der Waals surface area contributed by atoms with Gasteiger partial charge in [0.25, 0.3) is 5.56 Å². The lowest BCUT2D eigenvalue weighted by Crippen LogP contribution is -2.22. The fourth-order valence-corrected chi connectivity index (χ4v) is 3.86. The molecule has 0 saturated carbocycles. The fourth-order valence-electron chi connectivity index (χ4n) is 2.18. The van der Waals surface area contributed by atoms with Gasteiger partial charge in [-0.3, -0.25) is 4.79 Å². The lowest BCUT2D eigenvalue weighted by Gasteiger charge is -1.86. The molecule has 0 N–H and O–H groups in total. The zero-order valence-corrected chi connectivity index (χ0v) is 14.9. The van der Waals surface area contributed by atoms with Crippen LogP contribution in [0.15, 0.2) is 44.0 Å². The van der Waals surface area contributed by atoms with Crippen molar-refractivity contribution in [2.45, 2.75) is 0 Å². The quantitative estimate of drug-likeness (QED) is 0.399. The highest BCUT2D eigenvalue weighted by atomic mass is 127. The van der Waals surface area contributed by atoms with Crippen molar-refractivity contribution in [2.75, 3.05) is 0 Å². The van der Waals surface area contributed by atoms with Crippen molar-refractivity contribution in [1.29, 1.82) is 0 Å². The lowest BCUT2D eigenvalue weighted by molar-refractivity contribution is 0.526. The van der Waals surface area contributed by atoms with Gasteiger partial charge in [-0.15, -0.1) is 0 Å². The summed E-state index contributed by atoms with van der Waals surface area (Å²) < 4.78 is 9.46. The first kappa shape index (κ1) is 13.5. The van der Waals surface area contributed by atoms with Crippen molar-refractivity contribution in [2.24, 2.45) is 0 Å². The smallest absolute Gasteiger partial charge is 0.275 e. The Morgan fingerprint density at radius 2 is 2.19 bits per heavy atom. The zero-order chi connectivity index (χ0) is 14.6. The van der Waals surface area contributed by atoms with E-state index in [1.165, 1.54) is 11.3 Å². The van der Waals surface area contributed by atoms with Crippen LogP contribution >= 0.6 is 49.9 Å². The minimum Gasteiger partial charge on any atom is -0.450 e. The monoisotopic (exact) mass is 472 g/mol. The normalized spacial score (nSPS) is 12.8. The molecule has 0 aliphatic carbocycles. The predicted octanol–water partition coefficient (Wildman–Crippen LogP) is 3.42. The fraction of sp³-hybridized carbons (Fsp3) is 0. The van der Waals surface area contributed by atoms with E-state index in [-0.39, 0.29) is 5.56 Å². The molecule has 0 fully saturated rings. The summed E-state index contributed by atoms with van der Waals surface area (Å²) in [5, 5.41) is 0. The Bertz CT molecular complexity index is 1080. The van der Waals surface area contributed by atoms with Crippen molar-refractivity contribution in [3.8, 4) is 0 Å². The maximum absolute atomic E-state index is 12.5. The van der Waals surface area contributed by atoms with Crippen LogP contribution in [-0.4, -0.2) is 9.38 Å². The minimum atomic E-state index is -0.0637. The number of hydrogen-bond donors (Lipinski definition) is 0. The Labute approximate surface area is 144 Å². The molecular formula is C14H6BrIN2O2S. The topological polar surface area (TPSA) is 47.5 Å². The first-order chi connectivity index (χ1) is 10.1. The molecule has 21 heavy (non-hydrogen) atoms. The van der Waals surface area contributed by atoms with Gasteiger partial charge < -0.3 is 4.42 Å². The van der Waals surface area contributed by atoms with Crippen molar-refractivity contribution >= 4 is 71.9 Å². The Balaban J connectivity index is 2.02. The summed E-state index contributed by atoms with van der Waals surface area (Å²) in [6, 6.07) is 9.48. The first-order valence-corrected chi connectivity index (χ1v) is 8.69. The summed E-state index contributed by atoms with van der Waals surface area (Å²) in [6.45, 7) is 0. The molecule has 3 aromatic heterocycles. The van der Waals surface area contributed by atoms with Crippen LogP contribution in [0.4, 0.5) is 0 Å². The number of halogens is 2. The van der Waals surface area contributed by atoms with Gasteiger partial charge in [0.2, 0.25) is 0 Å². The molecule has 104 valence electrons. The molecule has 0 aliphatic heterocycles. The molecule has 0 spiro atoms. The van der Waals surface area contributed by atoms with E-state index < -0.39 is 0 Å². The predicted molar refractivity (Wildman–Crippen MR) is 94.8 cm³/mol. The molecule has 0 amide bonds. The second-order valence-electron chi connectivity index (χ2n) is 4.40. The van der Waals surface area contributed by atoms with Crippen LogP contribution in [-0.2, 0) is 0 Å². The van der Waals surface area contributed by atoms with Gasteiger partial charge in [0.1, 0.15) is 10.3 Å². The number of hydrogen-bond acceptors (Lipinski definition) is 4. The van der Waals surface area contributed by atoms with Crippen molar-refractivity contribution in [1.82, 2.24) is 9.38 Å². The first-order valence-electron chi connectivity index (χ1n) is 6.00. The number of aromatic nitrogens is 2. The van der Waals surface area contributed by atoms with E-state index >= 15 is 0 Å². The standard InChI is InChI=1S/C14H6BrIN2O2S/c15-8-5-7(20-12(8)16)6-11-13(19)18-10-4-2-1-3-9(10)17-14(18)21-11/h1-6H/b11-6+. The van der Waals surface area contributed by atoms with Crippen molar-refractivity contribution < 1.29 is 4.42 Å². The van der Waals surface area contributed by atoms with Gasteiger partial charge in [-0.05, 0) is 34.1 Å². The lowest BCUT2D eigenvalue weighted by atomic mass is 10.3. The van der Waals surface area contributed by atoms with Gasteiger partial charge in [-0.2, -0.15) is 0 Å². The summed E-state index contributed by atoms with van der Waals surface area (Å²) in [5.41, 5.74) is 1.61. The molecule has 4 rings (SSSR count). The van der Waals surface area contributed by atoms with Crippen LogP contribution in [0.5, 0.6) is 0 Å². The minimum absolute atomic E-state index is 0.0637. The number of nitrogens with zero attached hydrogens (tertiary/aromatic N) is 2. The molecule has 0 unspecified atom stereocenters. The molecule has 4 nitrogen and oxygen atoms in total. The molecule has 0 aliphatic rings. The largest absolute Gasteiger partial charge is 0.450 e. The SMILES string of the molecule is O=c1/c(=C\c2cc(Br)c(I)o2)sc2nc3ccccc3n12. The number of furan rings is 1. The highest BCUT2D eigenvalue weighted by Gasteiger charge is 2.11. The molecule has 0 bridgehead atoms. The number of rotatable bonds is 1. The Kier molecular flexibility index (Phi) is 3.16. The van der Waals surface area contributed by atoms with Crippen LogP contribution in [0.3, 0.4) is 0 Å². The van der Waals surface area contributed by atoms with Crippen LogP contribution < -0.4 is 10.1 Å². The number of para-hydroxylation sites is 2. The van der Waals surface area contributed by atoms with E-state index in [0.717, 1.165) is 19.3 Å². The average molecular weight is 473 g/mol. The molecule has 1 aromatic carbocycles. The zero-order valence-electron chi connectivity index (χ0n) is 10.3. The second kappa shape index (κ2) is 4.92. The van der Waals surface area contributed by atoms with Crippen LogP contribution in [0.1, 0.15) is 5.76 Å². The molecule has 7 heteroatoms. The number of benzene rings is 1. The summed E-state index contributed by atoms with van der Waals surface area (Å²) in [4.78, 5) is 17.7. The van der Waals surface area contributed by atoms with E-state index in [9.17, 15) is 4.79 Å². The van der Waals surface area contributed by atoms with E-state index in [0.29, 0.717) is 15.3 Å². The van der Waals surface area contributed by atoms with Gasteiger partial charge in [0, 0.05) is 28.7 Å². The molecular weight excluding hydrogens is 467 g/mol. The van der Waals surface area contributed by atoms with Crippen molar-refractivity contribution in [3.63, 3.8) is 0 Å². The third-order valence-electron chi connectivity index (χ3n) is 3.08. The Hall–Kier alpha value is -1.19. The molecule has 4 aromatic rings. The molecule has 0 saturated heterocycles. The summed E-state index contributed by atoms with van der Waals surface area (Å²) in [7, 11) is 0. The molecule has 0 atom stereocenters.